The number of nitrogens with zero attached hydrogens (tertiary/aromatic N) is 3. The van der Waals surface area contributed by atoms with Gasteiger partial charge in [-0.3, -0.25) is 4.79 Å². The monoisotopic (exact) mass is 453 g/mol. The third-order valence-corrected chi connectivity index (χ3v) is 6.54. The van der Waals surface area contributed by atoms with E-state index in [0.29, 0.717) is 23.7 Å². The number of hydrogen-bond donors (Lipinski definition) is 0. The fourth-order valence-corrected chi connectivity index (χ4v) is 4.96. The largest absolute Gasteiger partial charge is 0.334 e. The quantitative estimate of drug-likeness (QED) is 0.557. The second-order valence-electron chi connectivity index (χ2n) is 8.64. The van der Waals surface area contributed by atoms with Crippen molar-refractivity contribution >= 4 is 27.3 Å². The van der Waals surface area contributed by atoms with E-state index in [0.717, 1.165) is 5.69 Å². The summed E-state index contributed by atoms with van der Waals surface area (Å²) in [5.74, 6) is -0.0714. The lowest BCUT2D eigenvalue weighted by molar-refractivity contribution is -0.137. The number of halogens is 1. The van der Waals surface area contributed by atoms with E-state index in [1.807, 2.05) is 41.5 Å². The van der Waals surface area contributed by atoms with Crippen molar-refractivity contribution in [1.82, 2.24) is 14.5 Å². The number of aromatic nitrogens is 2. The molecule has 1 aromatic heterocycles. The molecule has 6 nitrogen and oxygen atoms in total. The topological polar surface area (TPSA) is 72.3 Å². The molecular weight excluding hydrogens is 422 g/mol. The molecule has 0 bridgehead atoms. The minimum atomic E-state index is -3.69. The van der Waals surface area contributed by atoms with E-state index >= 15 is 0 Å². The van der Waals surface area contributed by atoms with Gasteiger partial charge in [-0.2, -0.15) is 0 Å². The van der Waals surface area contributed by atoms with Gasteiger partial charge in [-0.25, -0.2) is 13.4 Å². The van der Waals surface area contributed by atoms with Crippen molar-refractivity contribution in [3.05, 3.63) is 46.7 Å². The van der Waals surface area contributed by atoms with Crippen molar-refractivity contribution in [3.63, 3.8) is 0 Å². The first-order valence-corrected chi connectivity index (χ1v) is 12.3. The molecule has 30 heavy (non-hydrogen) atoms. The first-order chi connectivity index (χ1) is 13.9. The third-order valence-electron chi connectivity index (χ3n) is 4.71. The second kappa shape index (κ2) is 9.96. The maximum Gasteiger partial charge on any atom is 0.228 e. The highest BCUT2D eigenvalue weighted by molar-refractivity contribution is 7.90. The summed E-state index contributed by atoms with van der Waals surface area (Å²) >= 11 is 6.01. The van der Waals surface area contributed by atoms with Crippen molar-refractivity contribution < 1.29 is 13.2 Å². The summed E-state index contributed by atoms with van der Waals surface area (Å²) in [5.41, 5.74) is 1.33. The van der Waals surface area contributed by atoms with E-state index in [9.17, 15) is 13.2 Å². The number of carbonyl (C=O) groups excluding carboxylic acids is 1. The van der Waals surface area contributed by atoms with E-state index in [2.05, 4.69) is 4.98 Å². The van der Waals surface area contributed by atoms with Gasteiger partial charge in [-0.05, 0) is 37.5 Å². The molecule has 1 heterocycles. The molecule has 0 N–H and O–H groups in total. The van der Waals surface area contributed by atoms with Gasteiger partial charge in [0.25, 0.3) is 0 Å². The van der Waals surface area contributed by atoms with Gasteiger partial charge in [0.1, 0.15) is 0 Å². The maximum atomic E-state index is 13.2. The van der Waals surface area contributed by atoms with Crippen LogP contribution < -0.4 is 0 Å². The molecule has 0 aliphatic heterocycles. The Bertz CT molecular complexity index is 981. The standard InChI is InChI=1S/C22H32ClN3O3S/c1-15(2)12-26-20(13-25(17(5)6)21(27)16(3)4)11-24-22(26)30(28,29)14-18-8-7-9-19(23)10-18/h7-11,15-17H,12-14H2,1-6H3. The van der Waals surface area contributed by atoms with Crippen LogP contribution in [-0.4, -0.2) is 34.8 Å². The van der Waals surface area contributed by atoms with E-state index in [1.165, 1.54) is 0 Å². The van der Waals surface area contributed by atoms with Crippen molar-refractivity contribution in [2.24, 2.45) is 11.8 Å². The number of hydrogen-bond acceptors (Lipinski definition) is 4. The molecule has 166 valence electrons. The van der Waals surface area contributed by atoms with Gasteiger partial charge in [-0.15, -0.1) is 0 Å². The average molecular weight is 454 g/mol. The highest BCUT2D eigenvalue weighted by Crippen LogP contribution is 2.22. The summed E-state index contributed by atoms with van der Waals surface area (Å²) in [6, 6.07) is 6.83. The van der Waals surface area contributed by atoms with Crippen molar-refractivity contribution in [3.8, 4) is 0 Å². The number of benzene rings is 1. The van der Waals surface area contributed by atoms with E-state index in [1.54, 1.807) is 39.9 Å². The van der Waals surface area contributed by atoms with Gasteiger partial charge in [-0.1, -0.05) is 51.4 Å². The number of imidazole rings is 1. The van der Waals surface area contributed by atoms with Gasteiger partial charge in [0, 0.05) is 23.5 Å². The molecule has 2 aromatic rings. The lowest BCUT2D eigenvalue weighted by Gasteiger charge is -2.29. The molecule has 0 aliphatic carbocycles. The number of carbonyl (C=O) groups is 1. The Kier molecular flexibility index (Phi) is 8.11. The zero-order chi connectivity index (χ0) is 22.6. The summed E-state index contributed by atoms with van der Waals surface area (Å²) in [6.07, 6.45) is 1.58. The Hall–Kier alpha value is -1.86. The molecule has 0 radical (unpaired) electrons. The van der Waals surface area contributed by atoms with E-state index in [4.69, 9.17) is 11.6 Å². The van der Waals surface area contributed by atoms with Gasteiger partial charge in [0.05, 0.1) is 24.2 Å². The summed E-state index contributed by atoms with van der Waals surface area (Å²) in [4.78, 5) is 18.7. The fourth-order valence-electron chi connectivity index (χ4n) is 3.26. The van der Waals surface area contributed by atoms with Crippen LogP contribution in [0.25, 0.3) is 0 Å². The van der Waals surface area contributed by atoms with Crippen molar-refractivity contribution in [1.29, 1.82) is 0 Å². The SMILES string of the molecule is CC(C)Cn1c(CN(C(=O)C(C)C)C(C)C)cnc1S(=O)(=O)Cc1cccc(Cl)c1. The first kappa shape index (κ1) is 24.4. The van der Waals surface area contributed by atoms with Crippen LogP contribution in [0.5, 0.6) is 0 Å². The van der Waals surface area contributed by atoms with Crippen LogP contribution in [0.2, 0.25) is 5.02 Å². The summed E-state index contributed by atoms with van der Waals surface area (Å²) in [5, 5.41) is 0.528. The molecule has 0 aliphatic rings. The summed E-state index contributed by atoms with van der Waals surface area (Å²) in [6.45, 7) is 12.5. The number of rotatable bonds is 9. The highest BCUT2D eigenvalue weighted by Gasteiger charge is 2.27. The predicted molar refractivity (Wildman–Crippen MR) is 120 cm³/mol. The zero-order valence-corrected chi connectivity index (χ0v) is 20.2. The Morgan fingerprint density at radius 1 is 1.17 bits per heavy atom. The molecule has 8 heteroatoms. The second-order valence-corrected chi connectivity index (χ2v) is 11.0. The van der Waals surface area contributed by atoms with Crippen molar-refractivity contribution in [2.75, 3.05) is 0 Å². The zero-order valence-electron chi connectivity index (χ0n) is 18.6. The van der Waals surface area contributed by atoms with E-state index < -0.39 is 9.84 Å². The number of sulfone groups is 1. The average Bonchev–Trinajstić information content (AvgIpc) is 3.01. The van der Waals surface area contributed by atoms with E-state index in [-0.39, 0.29) is 34.7 Å². The third kappa shape index (κ3) is 6.08. The highest BCUT2D eigenvalue weighted by atomic mass is 35.5. The molecule has 0 unspecified atom stereocenters. The van der Waals surface area contributed by atoms with Gasteiger partial charge in [0.2, 0.25) is 20.9 Å². The van der Waals surface area contributed by atoms with Crippen LogP contribution in [0.1, 0.15) is 52.8 Å². The van der Waals surface area contributed by atoms with Crippen LogP contribution in [0.3, 0.4) is 0 Å². The van der Waals surface area contributed by atoms with Crippen LogP contribution in [-0.2, 0) is 33.5 Å². The Balaban J connectivity index is 2.44. The fraction of sp³-hybridized carbons (Fsp3) is 0.545. The van der Waals surface area contributed by atoms with Crippen molar-refractivity contribution in [2.45, 2.75) is 71.6 Å². The van der Waals surface area contributed by atoms with Crippen LogP contribution in [0.4, 0.5) is 0 Å². The molecule has 0 atom stereocenters. The van der Waals surface area contributed by atoms with Gasteiger partial charge in [0.15, 0.2) is 0 Å². The molecule has 1 amide bonds. The summed E-state index contributed by atoms with van der Waals surface area (Å²) < 4.78 is 28.1. The normalized spacial score (nSPS) is 12.2. The van der Waals surface area contributed by atoms with Crippen LogP contribution >= 0.6 is 11.6 Å². The Morgan fingerprint density at radius 2 is 1.83 bits per heavy atom. The van der Waals surface area contributed by atoms with Gasteiger partial charge < -0.3 is 9.47 Å². The smallest absolute Gasteiger partial charge is 0.228 e. The molecule has 0 fully saturated rings. The molecule has 2 rings (SSSR count). The van der Waals surface area contributed by atoms with Crippen LogP contribution in [0.15, 0.2) is 35.6 Å². The van der Waals surface area contributed by atoms with Crippen LogP contribution in [0, 0.1) is 11.8 Å². The molecule has 0 saturated carbocycles. The minimum absolute atomic E-state index is 0.00572. The molecule has 1 aromatic carbocycles. The molecule has 0 spiro atoms. The number of amides is 1. The first-order valence-electron chi connectivity index (χ1n) is 10.2. The Labute approximate surface area is 185 Å². The Morgan fingerprint density at radius 3 is 2.37 bits per heavy atom. The predicted octanol–water partition coefficient (Wildman–Crippen LogP) is 4.56. The van der Waals surface area contributed by atoms with Gasteiger partial charge >= 0.3 is 0 Å². The molecular formula is C22H32ClN3O3S. The minimum Gasteiger partial charge on any atom is -0.334 e. The maximum absolute atomic E-state index is 13.2. The summed E-state index contributed by atoms with van der Waals surface area (Å²) in [7, 11) is -3.69. The lowest BCUT2D eigenvalue weighted by Crippen LogP contribution is -2.39. The molecule has 0 saturated heterocycles. The lowest BCUT2D eigenvalue weighted by atomic mass is 10.1.